The zero-order valence-corrected chi connectivity index (χ0v) is 12.3. The second kappa shape index (κ2) is 6.52. The molecule has 0 fully saturated rings. The molecule has 3 nitrogen and oxygen atoms in total. The van der Waals surface area contributed by atoms with Crippen molar-refractivity contribution in [2.24, 2.45) is 0 Å². The average Bonchev–Trinajstić information content (AvgIpc) is 2.35. The Balaban J connectivity index is 2.82. The molecule has 0 saturated carbocycles. The van der Waals surface area contributed by atoms with Crippen molar-refractivity contribution in [1.29, 1.82) is 0 Å². The largest absolute Gasteiger partial charge is 0.375 e. The second-order valence-electron chi connectivity index (χ2n) is 4.29. The molecule has 0 aliphatic heterocycles. The van der Waals surface area contributed by atoms with E-state index in [0.29, 0.717) is 6.54 Å². The fourth-order valence-electron chi connectivity index (χ4n) is 1.49. The van der Waals surface area contributed by atoms with Crippen molar-refractivity contribution in [1.82, 2.24) is 0 Å². The van der Waals surface area contributed by atoms with Crippen molar-refractivity contribution in [2.75, 3.05) is 18.5 Å². The maximum atomic E-state index is 12.4. The van der Waals surface area contributed by atoms with Gasteiger partial charge in [-0.15, -0.1) is 11.6 Å². The summed E-state index contributed by atoms with van der Waals surface area (Å²) in [6, 6.07) is 5.40. The van der Waals surface area contributed by atoms with Gasteiger partial charge >= 0.3 is 5.76 Å². The van der Waals surface area contributed by atoms with Crippen molar-refractivity contribution in [3.05, 3.63) is 24.3 Å². The minimum absolute atomic E-state index is 0.0425. The van der Waals surface area contributed by atoms with Crippen LogP contribution in [0.5, 0.6) is 0 Å². The molecule has 0 aliphatic rings. The van der Waals surface area contributed by atoms with E-state index in [0.717, 1.165) is 12.1 Å². The molecule has 0 heterocycles. The number of sulfone groups is 1. The minimum atomic E-state index is -4.52. The van der Waals surface area contributed by atoms with Gasteiger partial charge in [-0.1, -0.05) is 0 Å². The van der Waals surface area contributed by atoms with Gasteiger partial charge in [0, 0.05) is 24.7 Å². The summed E-state index contributed by atoms with van der Waals surface area (Å²) in [4.78, 5) is 1.52. The highest BCUT2D eigenvalue weighted by Crippen LogP contribution is 2.22. The van der Waals surface area contributed by atoms with Crippen molar-refractivity contribution in [3.63, 3.8) is 0 Å². The molecule has 7 heteroatoms. The van der Waals surface area contributed by atoms with E-state index in [9.17, 15) is 17.2 Å². The Labute approximate surface area is 117 Å². The number of hydrogen-bond donors (Lipinski definition) is 0. The van der Waals surface area contributed by atoms with Crippen LogP contribution in [0, 0.1) is 0 Å². The van der Waals surface area contributed by atoms with Crippen LogP contribution < -0.4 is 4.90 Å². The number of rotatable bonds is 6. The van der Waals surface area contributed by atoms with Gasteiger partial charge in [0.1, 0.15) is 0 Å². The van der Waals surface area contributed by atoms with Crippen LogP contribution in [0.1, 0.15) is 13.3 Å². The fraction of sp³-hybridized carbons (Fsp3) is 0.500. The summed E-state index contributed by atoms with van der Waals surface area (Å²) in [6.45, 7) is 2.58. The summed E-state index contributed by atoms with van der Waals surface area (Å²) >= 11 is 5.84. The van der Waals surface area contributed by atoms with Gasteiger partial charge in [-0.25, -0.2) is 8.42 Å². The number of halogens is 3. The molecular formula is C12H16ClF2NO2S. The predicted molar refractivity (Wildman–Crippen MR) is 72.8 cm³/mol. The van der Waals surface area contributed by atoms with E-state index in [1.165, 1.54) is 24.3 Å². The predicted octanol–water partition coefficient (Wildman–Crippen LogP) is 3.14. The lowest BCUT2D eigenvalue weighted by Crippen LogP contribution is -2.20. The van der Waals surface area contributed by atoms with Crippen molar-refractivity contribution < 1.29 is 17.2 Å². The SMILES string of the molecule is CC(Cl)CCN(C)c1ccc(S(=O)(=O)C(F)F)cc1. The highest BCUT2D eigenvalue weighted by atomic mass is 35.5. The van der Waals surface area contributed by atoms with Crippen molar-refractivity contribution >= 4 is 27.1 Å². The molecule has 0 spiro atoms. The lowest BCUT2D eigenvalue weighted by atomic mass is 10.2. The third-order valence-electron chi connectivity index (χ3n) is 2.70. The molecule has 0 bridgehead atoms. The lowest BCUT2D eigenvalue weighted by Gasteiger charge is -2.20. The molecule has 0 aliphatic carbocycles. The molecule has 0 N–H and O–H groups in total. The molecule has 0 amide bonds. The van der Waals surface area contributed by atoms with E-state index in [2.05, 4.69) is 0 Å². The number of nitrogens with zero attached hydrogens (tertiary/aromatic N) is 1. The molecular weight excluding hydrogens is 296 g/mol. The number of alkyl halides is 3. The van der Waals surface area contributed by atoms with E-state index >= 15 is 0 Å². The quantitative estimate of drug-likeness (QED) is 0.757. The lowest BCUT2D eigenvalue weighted by molar-refractivity contribution is 0.234. The van der Waals surface area contributed by atoms with Crippen LogP contribution >= 0.6 is 11.6 Å². The zero-order valence-electron chi connectivity index (χ0n) is 10.7. The van der Waals surface area contributed by atoms with Gasteiger partial charge in [0.05, 0.1) is 4.90 Å². The van der Waals surface area contributed by atoms with Crippen LogP contribution in [0.4, 0.5) is 14.5 Å². The summed E-state index contributed by atoms with van der Waals surface area (Å²) in [5.74, 6) is -3.40. The molecule has 1 rings (SSSR count). The standard InChI is InChI=1S/C12H16ClF2NO2S/c1-9(13)7-8-16(2)10-3-5-11(6-4-10)19(17,18)12(14)15/h3-6,9,12H,7-8H2,1-2H3. The van der Waals surface area contributed by atoms with Crippen LogP contribution in [0.2, 0.25) is 0 Å². The summed E-state index contributed by atoms with van der Waals surface area (Å²) < 4.78 is 47.2. The third kappa shape index (κ3) is 4.31. The number of anilines is 1. The van der Waals surface area contributed by atoms with E-state index in [4.69, 9.17) is 11.6 Å². The first-order valence-electron chi connectivity index (χ1n) is 5.72. The third-order valence-corrected chi connectivity index (χ3v) is 4.32. The summed E-state index contributed by atoms with van der Waals surface area (Å²) in [7, 11) is -2.69. The van der Waals surface area contributed by atoms with E-state index in [-0.39, 0.29) is 10.3 Å². The maximum absolute atomic E-state index is 12.4. The molecule has 19 heavy (non-hydrogen) atoms. The summed E-state index contributed by atoms with van der Waals surface area (Å²) in [5, 5.41) is 0.0425. The Morgan fingerprint density at radius 1 is 1.26 bits per heavy atom. The van der Waals surface area contributed by atoms with Crippen LogP contribution in [-0.4, -0.2) is 33.1 Å². The highest BCUT2D eigenvalue weighted by molar-refractivity contribution is 7.91. The second-order valence-corrected chi connectivity index (χ2v) is 6.95. The van der Waals surface area contributed by atoms with Crippen LogP contribution in [0.25, 0.3) is 0 Å². The van der Waals surface area contributed by atoms with E-state index in [1.807, 2.05) is 18.9 Å². The molecule has 1 aromatic rings. The van der Waals surface area contributed by atoms with Crippen molar-refractivity contribution in [3.8, 4) is 0 Å². The number of benzene rings is 1. The Hall–Kier alpha value is -0.880. The molecule has 0 aromatic heterocycles. The summed E-state index contributed by atoms with van der Waals surface area (Å²) in [5.41, 5.74) is 0.755. The molecule has 108 valence electrons. The van der Waals surface area contributed by atoms with Gasteiger partial charge in [0.2, 0.25) is 9.84 Å². The van der Waals surface area contributed by atoms with E-state index in [1.54, 1.807) is 0 Å². The van der Waals surface area contributed by atoms with Gasteiger partial charge in [-0.05, 0) is 37.6 Å². The van der Waals surface area contributed by atoms with Crippen LogP contribution in [0.15, 0.2) is 29.2 Å². The molecule has 0 radical (unpaired) electrons. The molecule has 1 unspecified atom stereocenters. The highest BCUT2D eigenvalue weighted by Gasteiger charge is 2.26. The topological polar surface area (TPSA) is 37.4 Å². The van der Waals surface area contributed by atoms with Gasteiger partial charge in [0.25, 0.3) is 0 Å². The zero-order chi connectivity index (χ0) is 14.6. The first kappa shape index (κ1) is 16.2. The Bertz CT molecular complexity index is 503. The Kier molecular flexibility index (Phi) is 5.55. The monoisotopic (exact) mass is 311 g/mol. The Morgan fingerprint density at radius 2 is 1.79 bits per heavy atom. The van der Waals surface area contributed by atoms with Gasteiger partial charge in [-0.2, -0.15) is 8.78 Å². The van der Waals surface area contributed by atoms with Crippen LogP contribution in [-0.2, 0) is 9.84 Å². The smallest absolute Gasteiger partial charge is 0.341 e. The fourth-order valence-corrected chi connectivity index (χ4v) is 2.31. The van der Waals surface area contributed by atoms with E-state index < -0.39 is 15.6 Å². The van der Waals surface area contributed by atoms with Gasteiger partial charge in [-0.3, -0.25) is 0 Å². The average molecular weight is 312 g/mol. The first-order chi connectivity index (χ1) is 8.75. The van der Waals surface area contributed by atoms with Gasteiger partial charge in [0.15, 0.2) is 0 Å². The molecule has 1 atom stereocenters. The Morgan fingerprint density at radius 3 is 2.21 bits per heavy atom. The summed E-state index contributed by atoms with van der Waals surface area (Å²) in [6.07, 6.45) is 0.773. The minimum Gasteiger partial charge on any atom is -0.375 e. The normalized spacial score (nSPS) is 13.6. The van der Waals surface area contributed by atoms with Crippen molar-refractivity contribution in [2.45, 2.75) is 29.4 Å². The maximum Gasteiger partial charge on any atom is 0.341 e. The van der Waals surface area contributed by atoms with Crippen LogP contribution in [0.3, 0.4) is 0 Å². The molecule has 0 saturated heterocycles. The van der Waals surface area contributed by atoms with Gasteiger partial charge < -0.3 is 4.90 Å². The molecule has 1 aromatic carbocycles. The number of hydrogen-bond acceptors (Lipinski definition) is 3. The first-order valence-corrected chi connectivity index (χ1v) is 7.70.